The third kappa shape index (κ3) is 5.30. The monoisotopic (exact) mass is 663 g/mol. The van der Waals surface area contributed by atoms with E-state index in [2.05, 4.69) is 114 Å². The van der Waals surface area contributed by atoms with Gasteiger partial charge in [0.2, 0.25) is 0 Å². The summed E-state index contributed by atoms with van der Waals surface area (Å²) in [5, 5.41) is 12.6. The van der Waals surface area contributed by atoms with E-state index in [0.717, 1.165) is 0 Å². The van der Waals surface area contributed by atoms with Crippen LogP contribution in [0.15, 0.2) is 24.3 Å². The summed E-state index contributed by atoms with van der Waals surface area (Å²) >= 11 is -0.556. The second kappa shape index (κ2) is 11.6. The summed E-state index contributed by atoms with van der Waals surface area (Å²) in [6.45, 7) is 31.0. The Morgan fingerprint density at radius 1 is 0.571 bits per heavy atom. The van der Waals surface area contributed by atoms with Gasteiger partial charge in [-0.1, -0.05) is 95.2 Å². The number of benzene rings is 2. The Morgan fingerprint density at radius 3 is 1.05 bits per heavy atom. The number of hydrogen-bond donors (Lipinski definition) is 0. The van der Waals surface area contributed by atoms with Gasteiger partial charge < -0.3 is 12.6 Å². The number of hydrogen-bond acceptors (Lipinski definition) is 0. The molecule has 42 heavy (non-hydrogen) atoms. The molecule has 0 aromatic heterocycles. The van der Waals surface area contributed by atoms with Crippen molar-refractivity contribution in [2.75, 3.05) is 0 Å². The van der Waals surface area contributed by atoms with Crippen LogP contribution in [0.5, 0.6) is 0 Å². The quantitative estimate of drug-likeness (QED) is 0.177. The predicted octanol–water partition coefficient (Wildman–Crippen LogP) is 13.0. The Morgan fingerprint density at radius 2 is 0.810 bits per heavy atom. The molecule has 0 spiro atoms. The van der Waals surface area contributed by atoms with Gasteiger partial charge in [0.25, 0.3) is 0 Å². The van der Waals surface area contributed by atoms with Gasteiger partial charge >= 0.3 is 35.6 Å². The van der Waals surface area contributed by atoms with Crippen LogP contribution >= 0.6 is 25.7 Å². The van der Waals surface area contributed by atoms with Crippen molar-refractivity contribution in [1.82, 2.24) is 0 Å². The van der Waals surface area contributed by atoms with E-state index in [1.807, 2.05) is 0 Å². The van der Waals surface area contributed by atoms with E-state index in [1.165, 1.54) is 70.2 Å². The van der Waals surface area contributed by atoms with Crippen molar-refractivity contribution >= 4 is 25.7 Å². The van der Waals surface area contributed by atoms with Crippen molar-refractivity contribution in [3.8, 4) is 11.1 Å². The summed E-state index contributed by atoms with van der Waals surface area (Å²) in [4.78, 5) is 0. The van der Waals surface area contributed by atoms with Crippen molar-refractivity contribution in [1.29, 1.82) is 0 Å². The van der Waals surface area contributed by atoms with E-state index in [1.54, 1.807) is 0 Å². The second-order valence-corrected chi connectivity index (χ2v) is 23.5. The normalized spacial score (nSPS) is 21.6. The Balaban J connectivity index is 0.00000116. The molecule has 0 radical (unpaired) electrons. The van der Waals surface area contributed by atoms with Gasteiger partial charge in [-0.05, 0) is 122 Å². The number of nitrogens with zero attached hydrogens (tertiary/aromatic N) is 1. The molecule has 2 aromatic rings. The summed E-state index contributed by atoms with van der Waals surface area (Å²) in [5.41, 5.74) is 12.7. The van der Waals surface area contributed by atoms with Gasteiger partial charge in [-0.2, -0.15) is 0 Å². The van der Waals surface area contributed by atoms with Crippen LogP contribution in [0, 0.1) is 7.43 Å². The van der Waals surface area contributed by atoms with Crippen molar-refractivity contribution in [3.63, 3.8) is 0 Å². The zero-order valence-corrected chi connectivity index (χ0v) is 32.9. The van der Waals surface area contributed by atoms with Crippen molar-refractivity contribution in [3.05, 3.63) is 70.2 Å². The minimum absolute atomic E-state index is 0. The molecule has 3 aliphatic rings. The fourth-order valence-electron chi connectivity index (χ4n) is 8.64. The van der Waals surface area contributed by atoms with E-state index in [9.17, 15) is 5.16 Å². The average molecular weight is 665 g/mol. The molecule has 0 unspecified atom stereocenters. The number of rotatable bonds is 3. The standard InChI is InChI=1S/C36H53NP.CH3.2ClH.Ti/c1-22(2)38(37,23(3)4)36(13)26-20-30-28(32(5,6)14-16-34(30,9)10)18-24(26)25-19-29-31(21-27(25)36)35(11,12)17-15-33(29,7)8;;;;/h18-23H,14-17H2,1-13H3;1H3;2*1H;/q2*-1;;;+2/p-2. The summed E-state index contributed by atoms with van der Waals surface area (Å²) < 4.78 is 0. The van der Waals surface area contributed by atoms with Crippen LogP contribution in [0.2, 0.25) is 0 Å². The molecule has 234 valence electrons. The van der Waals surface area contributed by atoms with Crippen LogP contribution < -0.4 is 0 Å². The number of halogens is 2. The van der Waals surface area contributed by atoms with E-state index in [4.69, 9.17) is 18.6 Å². The Hall–Kier alpha value is -0.0357. The van der Waals surface area contributed by atoms with Gasteiger partial charge in [-0.3, -0.25) is 0 Å². The maximum absolute atomic E-state index is 13.0. The zero-order valence-electron chi connectivity index (χ0n) is 28.9. The third-order valence-electron chi connectivity index (χ3n) is 11.6. The molecule has 0 N–H and O–H groups in total. The van der Waals surface area contributed by atoms with E-state index in [-0.39, 0.29) is 45.6 Å². The average Bonchev–Trinajstić information content (AvgIpc) is 3.12. The van der Waals surface area contributed by atoms with Crippen LogP contribution in [0.25, 0.3) is 16.3 Å². The van der Waals surface area contributed by atoms with Gasteiger partial charge in [-0.25, -0.2) is 7.05 Å². The molecule has 3 aliphatic carbocycles. The van der Waals surface area contributed by atoms with Crippen molar-refractivity contribution in [2.24, 2.45) is 0 Å². The molecule has 2 aromatic carbocycles. The van der Waals surface area contributed by atoms with Crippen molar-refractivity contribution < 1.29 is 17.0 Å². The van der Waals surface area contributed by atoms with Gasteiger partial charge in [0.15, 0.2) is 0 Å². The maximum atomic E-state index is 13.0. The van der Waals surface area contributed by atoms with Crippen LogP contribution in [-0.2, 0) is 43.8 Å². The van der Waals surface area contributed by atoms with E-state index in [0.29, 0.717) is 0 Å². The molecule has 0 saturated carbocycles. The molecule has 0 bridgehead atoms. The van der Waals surface area contributed by atoms with Crippen LogP contribution in [0.1, 0.15) is 149 Å². The van der Waals surface area contributed by atoms with Gasteiger partial charge in [0.1, 0.15) is 0 Å². The first kappa shape index (κ1) is 36.4. The summed E-state index contributed by atoms with van der Waals surface area (Å²) in [5.74, 6) is 0. The number of fused-ring (bicyclic) bond motifs is 5. The zero-order chi connectivity index (χ0) is 31.1. The van der Waals surface area contributed by atoms with Crippen LogP contribution in [0.4, 0.5) is 0 Å². The van der Waals surface area contributed by atoms with E-state index < -0.39 is 24.1 Å². The summed E-state index contributed by atoms with van der Waals surface area (Å²) in [6, 6.07) is 10.3. The van der Waals surface area contributed by atoms with Crippen LogP contribution in [0.3, 0.4) is 0 Å². The Kier molecular flexibility index (Phi) is 10.1. The summed E-state index contributed by atoms with van der Waals surface area (Å²) in [7, 11) is 7.32. The Labute approximate surface area is 276 Å². The first-order chi connectivity index (χ1) is 18.6. The predicted molar refractivity (Wildman–Crippen MR) is 188 cm³/mol. The van der Waals surface area contributed by atoms with E-state index >= 15 is 0 Å². The van der Waals surface area contributed by atoms with Crippen LogP contribution in [-0.4, -0.2) is 11.3 Å². The second-order valence-electron chi connectivity index (χ2n) is 16.5. The Bertz CT molecular complexity index is 1300. The molecule has 0 amide bonds. The SMILES string of the molecule is CC(C)P(=[N-])(C(C)C)C1(C)c2cc3c(cc2-c2cc4c(cc21)C(C)(C)CCC4(C)C)C(C)(C)CCC3(C)C.[CH3-].[Cl][Ti][Cl]. The molecule has 5 heteroatoms. The molecule has 0 aliphatic heterocycles. The molecule has 5 rings (SSSR count). The first-order valence-electron chi connectivity index (χ1n) is 15.6. The fraction of sp³-hybridized carbons (Fsp3) is 0.649. The topological polar surface area (TPSA) is 22.3 Å². The summed E-state index contributed by atoms with van der Waals surface area (Å²) in [6.07, 6.45) is 4.85. The molecule has 0 saturated heterocycles. The molecular weight excluding hydrogens is 608 g/mol. The third-order valence-corrected chi connectivity index (χ3v) is 16.7. The molecule has 0 heterocycles. The van der Waals surface area contributed by atoms with Crippen molar-refractivity contribution in [2.45, 2.75) is 154 Å². The minimum atomic E-state index is -2.46. The van der Waals surface area contributed by atoms with Gasteiger partial charge in [0.05, 0.1) is 0 Å². The van der Waals surface area contributed by atoms with Gasteiger partial charge in [-0.15, -0.1) is 0 Å². The molecular formula is C37H56Cl2NPTi-2. The molecule has 1 nitrogen and oxygen atoms in total. The molecule has 0 fully saturated rings. The first-order valence-corrected chi connectivity index (χ1v) is 21.8. The fourth-order valence-corrected chi connectivity index (χ4v) is 13.0. The molecule has 0 atom stereocenters. The van der Waals surface area contributed by atoms with Gasteiger partial charge in [0, 0.05) is 5.16 Å².